The van der Waals surface area contributed by atoms with Crippen LogP contribution in [0.2, 0.25) is 0 Å². The molecule has 35 heavy (non-hydrogen) atoms. The van der Waals surface area contributed by atoms with E-state index in [0.717, 1.165) is 28.3 Å². The topological polar surface area (TPSA) is 82.4 Å². The molecule has 0 atom stereocenters. The summed E-state index contributed by atoms with van der Waals surface area (Å²) in [4.78, 5) is 19.1. The molecule has 8 nitrogen and oxygen atoms in total. The lowest BCUT2D eigenvalue weighted by Gasteiger charge is -2.21. The third-order valence-corrected chi connectivity index (χ3v) is 6.65. The maximum Gasteiger partial charge on any atom is 0.233 e. The highest BCUT2D eigenvalue weighted by molar-refractivity contribution is 7.99. The van der Waals surface area contributed by atoms with Crippen molar-refractivity contribution in [1.29, 1.82) is 0 Å². The third-order valence-electron chi connectivity index (χ3n) is 5.73. The van der Waals surface area contributed by atoms with Crippen LogP contribution in [0.4, 0.5) is 0 Å². The van der Waals surface area contributed by atoms with Crippen LogP contribution < -0.4 is 9.47 Å². The molecule has 0 fully saturated rings. The van der Waals surface area contributed by atoms with Crippen molar-refractivity contribution in [3.63, 3.8) is 0 Å². The van der Waals surface area contributed by atoms with E-state index in [-0.39, 0.29) is 18.5 Å². The third kappa shape index (κ3) is 5.00. The first-order valence-corrected chi connectivity index (χ1v) is 12.3. The zero-order valence-electron chi connectivity index (χ0n) is 19.5. The highest BCUT2D eigenvalue weighted by Crippen LogP contribution is 2.33. The molecule has 0 saturated heterocycles. The molecule has 0 aliphatic carbocycles. The minimum absolute atomic E-state index is 0.0269. The fourth-order valence-electron chi connectivity index (χ4n) is 3.83. The number of carbonyl (C=O) groups excluding carboxylic acids is 1. The summed E-state index contributed by atoms with van der Waals surface area (Å²) >= 11 is 1.38. The van der Waals surface area contributed by atoms with Gasteiger partial charge in [0.15, 0.2) is 22.5 Å². The lowest BCUT2D eigenvalue weighted by atomic mass is 10.2. The van der Waals surface area contributed by atoms with Gasteiger partial charge in [-0.25, -0.2) is 0 Å². The molecular formula is C26H25N5O3S. The number of benzene rings is 2. The van der Waals surface area contributed by atoms with Crippen LogP contribution >= 0.6 is 11.8 Å². The Bertz CT molecular complexity index is 1320. The summed E-state index contributed by atoms with van der Waals surface area (Å²) in [5.41, 5.74) is 4.01. The number of nitrogens with zero attached hydrogens (tertiary/aromatic N) is 5. The van der Waals surface area contributed by atoms with Gasteiger partial charge < -0.3 is 14.4 Å². The number of aromatic nitrogens is 4. The number of hydrogen-bond acceptors (Lipinski definition) is 7. The minimum Gasteiger partial charge on any atom is -0.454 e. The fraction of sp³-hybridized carbons (Fsp3) is 0.231. The van der Waals surface area contributed by atoms with E-state index >= 15 is 0 Å². The van der Waals surface area contributed by atoms with Gasteiger partial charge in [-0.15, -0.1) is 10.2 Å². The number of rotatable bonds is 8. The van der Waals surface area contributed by atoms with Crippen molar-refractivity contribution < 1.29 is 14.3 Å². The molecule has 4 aromatic rings. The lowest BCUT2D eigenvalue weighted by Crippen LogP contribution is -2.31. The van der Waals surface area contributed by atoms with Crippen LogP contribution in [0.15, 0.2) is 72.1 Å². The summed E-state index contributed by atoms with van der Waals surface area (Å²) in [6.45, 7) is 5.36. The predicted octanol–water partition coefficient (Wildman–Crippen LogP) is 4.51. The zero-order chi connectivity index (χ0) is 24.2. The first kappa shape index (κ1) is 22.9. The Balaban J connectivity index is 1.35. The summed E-state index contributed by atoms with van der Waals surface area (Å²) < 4.78 is 12.8. The number of carbonyl (C=O) groups is 1. The summed E-state index contributed by atoms with van der Waals surface area (Å²) in [5, 5.41) is 9.53. The molecule has 0 unspecified atom stereocenters. The SMILES string of the molecule is CCN(Cc1ccc2c(c1)OCO2)C(=O)CSc1nnc(-c2ccncc2)n1-c1ccc(C)cc1. The van der Waals surface area contributed by atoms with Gasteiger partial charge in [-0.2, -0.15) is 0 Å². The highest BCUT2D eigenvalue weighted by atomic mass is 32.2. The van der Waals surface area contributed by atoms with E-state index in [2.05, 4.69) is 27.3 Å². The number of ether oxygens (including phenoxy) is 2. The zero-order valence-corrected chi connectivity index (χ0v) is 20.4. The normalized spacial score (nSPS) is 12.1. The Labute approximate surface area is 207 Å². The van der Waals surface area contributed by atoms with Gasteiger partial charge in [-0.1, -0.05) is 35.5 Å². The molecule has 1 amide bonds. The van der Waals surface area contributed by atoms with E-state index in [1.165, 1.54) is 17.3 Å². The van der Waals surface area contributed by atoms with Gasteiger partial charge in [0.2, 0.25) is 12.7 Å². The maximum atomic E-state index is 13.1. The summed E-state index contributed by atoms with van der Waals surface area (Å²) in [6.07, 6.45) is 3.46. The molecule has 3 heterocycles. The van der Waals surface area contributed by atoms with E-state index in [9.17, 15) is 4.79 Å². The second-order valence-corrected chi connectivity index (χ2v) is 9.04. The minimum atomic E-state index is 0.0269. The first-order valence-electron chi connectivity index (χ1n) is 11.3. The van der Waals surface area contributed by atoms with Crippen LogP contribution in [0.3, 0.4) is 0 Å². The standard InChI is InChI=1S/C26H25N5O3S/c1-3-30(15-19-6-9-22-23(14-19)34-17-33-22)24(32)16-35-26-29-28-25(20-10-12-27-13-11-20)31(26)21-7-4-18(2)5-8-21/h4-14H,3,15-17H2,1-2H3. The van der Waals surface area contributed by atoms with E-state index < -0.39 is 0 Å². The molecule has 0 saturated carbocycles. The molecule has 2 aromatic carbocycles. The monoisotopic (exact) mass is 487 g/mol. The summed E-state index contributed by atoms with van der Waals surface area (Å²) in [5.74, 6) is 2.44. The average Bonchev–Trinajstić information content (AvgIpc) is 3.53. The molecule has 0 N–H and O–H groups in total. The summed E-state index contributed by atoms with van der Waals surface area (Å²) in [7, 11) is 0. The van der Waals surface area contributed by atoms with Crippen molar-refractivity contribution in [2.45, 2.75) is 25.5 Å². The number of fused-ring (bicyclic) bond motifs is 1. The average molecular weight is 488 g/mol. The molecule has 1 aliphatic heterocycles. The van der Waals surface area contributed by atoms with Crippen molar-refractivity contribution in [2.75, 3.05) is 19.1 Å². The van der Waals surface area contributed by atoms with Crippen LogP contribution in [-0.2, 0) is 11.3 Å². The Morgan fingerprint density at radius 2 is 1.80 bits per heavy atom. The van der Waals surface area contributed by atoms with Crippen molar-refractivity contribution >= 4 is 17.7 Å². The largest absolute Gasteiger partial charge is 0.454 e. The molecular weight excluding hydrogens is 462 g/mol. The van der Waals surface area contributed by atoms with Gasteiger partial charge >= 0.3 is 0 Å². The molecule has 0 spiro atoms. The second kappa shape index (κ2) is 10.2. The lowest BCUT2D eigenvalue weighted by molar-refractivity contribution is -0.128. The van der Waals surface area contributed by atoms with Crippen LogP contribution in [0, 0.1) is 6.92 Å². The van der Waals surface area contributed by atoms with Crippen LogP contribution in [-0.4, -0.2) is 49.6 Å². The second-order valence-electron chi connectivity index (χ2n) is 8.10. The Morgan fingerprint density at radius 1 is 1.03 bits per heavy atom. The van der Waals surface area contributed by atoms with Crippen LogP contribution in [0.25, 0.3) is 17.1 Å². The van der Waals surface area contributed by atoms with Gasteiger partial charge in [-0.3, -0.25) is 14.3 Å². The molecule has 5 rings (SSSR count). The van der Waals surface area contributed by atoms with E-state index in [0.29, 0.717) is 24.1 Å². The number of aryl methyl sites for hydroxylation is 1. The number of pyridine rings is 1. The van der Waals surface area contributed by atoms with Gasteiger partial charge in [0.25, 0.3) is 0 Å². The number of thioether (sulfide) groups is 1. The molecule has 0 bridgehead atoms. The quantitative estimate of drug-likeness (QED) is 0.338. The van der Waals surface area contributed by atoms with Gasteiger partial charge in [0.1, 0.15) is 0 Å². The van der Waals surface area contributed by atoms with Crippen LogP contribution in [0.5, 0.6) is 11.5 Å². The maximum absolute atomic E-state index is 13.1. The first-order chi connectivity index (χ1) is 17.1. The summed E-state index contributed by atoms with van der Waals surface area (Å²) in [6, 6.07) is 17.8. The molecule has 0 radical (unpaired) electrons. The fourth-order valence-corrected chi connectivity index (χ4v) is 4.69. The van der Waals surface area contributed by atoms with Crippen molar-refractivity contribution in [3.8, 4) is 28.6 Å². The highest BCUT2D eigenvalue weighted by Gasteiger charge is 2.20. The van der Waals surface area contributed by atoms with Gasteiger partial charge in [0, 0.05) is 36.7 Å². The number of amides is 1. The van der Waals surface area contributed by atoms with Crippen molar-refractivity contribution in [3.05, 3.63) is 78.1 Å². The van der Waals surface area contributed by atoms with E-state index in [1.807, 2.05) is 65.8 Å². The molecule has 9 heteroatoms. The Hall–Kier alpha value is -3.85. The van der Waals surface area contributed by atoms with Crippen molar-refractivity contribution in [2.24, 2.45) is 0 Å². The molecule has 2 aromatic heterocycles. The predicted molar refractivity (Wildman–Crippen MR) is 134 cm³/mol. The van der Waals surface area contributed by atoms with E-state index in [4.69, 9.17) is 9.47 Å². The number of hydrogen-bond donors (Lipinski definition) is 0. The smallest absolute Gasteiger partial charge is 0.233 e. The van der Waals surface area contributed by atoms with Crippen LogP contribution in [0.1, 0.15) is 18.1 Å². The van der Waals surface area contributed by atoms with Gasteiger partial charge in [-0.05, 0) is 55.8 Å². The van der Waals surface area contributed by atoms with E-state index in [1.54, 1.807) is 12.4 Å². The molecule has 1 aliphatic rings. The Morgan fingerprint density at radius 3 is 2.57 bits per heavy atom. The molecule has 178 valence electrons. The Kier molecular flexibility index (Phi) is 6.67. The van der Waals surface area contributed by atoms with Gasteiger partial charge in [0.05, 0.1) is 5.75 Å². The van der Waals surface area contributed by atoms with Crippen molar-refractivity contribution in [1.82, 2.24) is 24.6 Å².